The number of quaternary nitrogens is 1. The van der Waals surface area contributed by atoms with Crippen molar-refractivity contribution >= 4 is 21.6 Å². The van der Waals surface area contributed by atoms with E-state index < -0.39 is 45.1 Å². The van der Waals surface area contributed by atoms with Gasteiger partial charge in [-0.25, -0.2) is 21.6 Å². The second-order valence-corrected chi connectivity index (χ2v) is 8.75. The Kier molecular flexibility index (Phi) is 6.25. The first-order valence-electron chi connectivity index (χ1n) is 9.06. The summed E-state index contributed by atoms with van der Waals surface area (Å²) in [6.07, 6.45) is 0. The molecule has 1 fully saturated rings. The molecule has 1 saturated heterocycles. The summed E-state index contributed by atoms with van der Waals surface area (Å²) in [6.45, 7) is 2.82. The van der Waals surface area contributed by atoms with E-state index in [4.69, 9.17) is 0 Å². The summed E-state index contributed by atoms with van der Waals surface area (Å²) in [5, 5.41) is 2.27. The fourth-order valence-electron chi connectivity index (χ4n) is 3.24. The van der Waals surface area contributed by atoms with Crippen molar-refractivity contribution < 1.29 is 31.3 Å². The fourth-order valence-corrected chi connectivity index (χ4v) is 4.70. The predicted molar refractivity (Wildman–Crippen MR) is 100 cm³/mol. The number of sulfonamides is 1. The van der Waals surface area contributed by atoms with Gasteiger partial charge in [-0.3, -0.25) is 4.79 Å². The number of hydrogen-bond donors (Lipinski definition) is 2. The maximum absolute atomic E-state index is 13.8. The Morgan fingerprint density at radius 2 is 1.66 bits per heavy atom. The Balaban J connectivity index is 1.62. The lowest BCUT2D eigenvalue weighted by Crippen LogP contribution is -3.19. The summed E-state index contributed by atoms with van der Waals surface area (Å²) >= 11 is 0. The number of rotatable bonds is 5. The van der Waals surface area contributed by atoms with Crippen molar-refractivity contribution in [2.24, 2.45) is 0 Å². The van der Waals surface area contributed by atoms with Gasteiger partial charge in [0.25, 0.3) is 5.91 Å². The van der Waals surface area contributed by atoms with E-state index in [2.05, 4.69) is 5.32 Å². The number of benzene rings is 2. The normalized spacial score (nSPS) is 17.1. The summed E-state index contributed by atoms with van der Waals surface area (Å²) in [5.41, 5.74) is -0.439. The highest BCUT2D eigenvalue weighted by Crippen LogP contribution is 2.19. The number of nitrogens with one attached hydrogen (secondary N) is 2. The van der Waals surface area contributed by atoms with Gasteiger partial charge in [0.2, 0.25) is 10.0 Å². The predicted octanol–water partition coefficient (Wildman–Crippen LogP) is 1.02. The second-order valence-electron chi connectivity index (χ2n) is 6.81. The Hall–Kier alpha value is -2.43. The van der Waals surface area contributed by atoms with E-state index in [1.54, 1.807) is 25.1 Å². The molecule has 1 heterocycles. The van der Waals surface area contributed by atoms with Crippen molar-refractivity contribution in [2.75, 3.05) is 31.5 Å². The van der Waals surface area contributed by atoms with Crippen molar-refractivity contribution in [3.05, 3.63) is 59.9 Å². The van der Waals surface area contributed by atoms with Gasteiger partial charge < -0.3 is 10.2 Å². The van der Waals surface area contributed by atoms with E-state index in [0.717, 1.165) is 17.0 Å². The molecule has 1 amide bonds. The molecule has 0 saturated carbocycles. The van der Waals surface area contributed by atoms with Gasteiger partial charge in [0.15, 0.2) is 23.5 Å². The van der Waals surface area contributed by atoms with Crippen LogP contribution < -0.4 is 10.2 Å². The van der Waals surface area contributed by atoms with E-state index >= 15 is 0 Å². The molecule has 0 bridgehead atoms. The van der Waals surface area contributed by atoms with Crippen LogP contribution in [-0.4, -0.2) is 50.9 Å². The van der Waals surface area contributed by atoms with E-state index in [-0.39, 0.29) is 18.0 Å². The van der Waals surface area contributed by atoms with Crippen LogP contribution in [0.25, 0.3) is 0 Å². The maximum Gasteiger partial charge on any atom is 0.282 e. The fraction of sp³-hybridized carbons (Fsp3) is 0.316. The topological polar surface area (TPSA) is 70.9 Å². The summed E-state index contributed by atoms with van der Waals surface area (Å²) in [4.78, 5) is 13.4. The average molecular weight is 428 g/mol. The van der Waals surface area contributed by atoms with Crippen molar-refractivity contribution in [1.82, 2.24) is 4.31 Å². The number of piperazine rings is 1. The van der Waals surface area contributed by atoms with Gasteiger partial charge in [-0.15, -0.1) is 0 Å². The lowest BCUT2D eigenvalue weighted by Gasteiger charge is -2.34. The minimum Gasteiger partial charge on any atom is -0.323 e. The molecule has 2 aromatic carbocycles. The Morgan fingerprint density at radius 3 is 2.28 bits per heavy atom. The molecule has 0 aliphatic carbocycles. The number of carbonyl (C=O) groups is 1. The third-order valence-corrected chi connectivity index (χ3v) is 6.96. The zero-order valence-electron chi connectivity index (χ0n) is 15.7. The van der Waals surface area contributed by atoms with Crippen LogP contribution in [0.4, 0.5) is 18.9 Å². The van der Waals surface area contributed by atoms with Gasteiger partial charge in [-0.1, -0.05) is 18.2 Å². The highest BCUT2D eigenvalue weighted by atomic mass is 32.2. The average Bonchev–Trinajstić information content (AvgIpc) is 2.74. The third-order valence-electron chi connectivity index (χ3n) is 5.04. The molecule has 29 heavy (non-hydrogen) atoms. The largest absolute Gasteiger partial charge is 0.323 e. The van der Waals surface area contributed by atoms with Gasteiger partial charge in [0, 0.05) is 0 Å². The lowest BCUT2D eigenvalue weighted by atomic mass is 10.2. The van der Waals surface area contributed by atoms with Gasteiger partial charge in [0.05, 0.1) is 36.8 Å². The molecule has 0 unspecified atom stereocenters. The van der Waals surface area contributed by atoms with E-state index in [9.17, 15) is 26.4 Å². The van der Waals surface area contributed by atoms with Crippen molar-refractivity contribution in [3.63, 3.8) is 0 Å². The molecule has 10 heteroatoms. The Morgan fingerprint density at radius 1 is 1.03 bits per heavy atom. The third kappa shape index (κ3) is 4.44. The van der Waals surface area contributed by atoms with Crippen molar-refractivity contribution in [2.45, 2.75) is 17.9 Å². The van der Waals surface area contributed by atoms with Crippen LogP contribution in [0.2, 0.25) is 0 Å². The second kappa shape index (κ2) is 8.52. The smallest absolute Gasteiger partial charge is 0.282 e. The molecular weight excluding hydrogens is 407 g/mol. The van der Waals surface area contributed by atoms with E-state index in [1.807, 2.05) is 0 Å². The molecule has 156 valence electrons. The molecular formula is C19H21F3N3O3S+. The highest BCUT2D eigenvalue weighted by Gasteiger charge is 2.34. The number of halogens is 3. The molecule has 1 aliphatic rings. The van der Waals surface area contributed by atoms with E-state index in [0.29, 0.717) is 13.1 Å². The minimum atomic E-state index is -3.60. The summed E-state index contributed by atoms with van der Waals surface area (Å²) in [5.74, 6) is -5.01. The monoisotopic (exact) mass is 428 g/mol. The molecule has 1 atom stereocenters. The van der Waals surface area contributed by atoms with Crippen LogP contribution in [0, 0.1) is 17.5 Å². The number of carbonyl (C=O) groups excluding carboxylic acids is 1. The molecule has 6 nitrogen and oxygen atoms in total. The zero-order valence-corrected chi connectivity index (χ0v) is 16.5. The molecule has 3 rings (SSSR count). The van der Waals surface area contributed by atoms with Crippen LogP contribution >= 0.6 is 0 Å². The molecule has 0 radical (unpaired) electrons. The van der Waals surface area contributed by atoms with E-state index in [1.165, 1.54) is 16.4 Å². The summed E-state index contributed by atoms with van der Waals surface area (Å²) in [7, 11) is -3.60. The molecule has 1 aliphatic heterocycles. The molecule has 0 spiro atoms. The summed E-state index contributed by atoms with van der Waals surface area (Å²) in [6, 6.07) is 9.15. The number of amides is 1. The Labute approximate surface area is 167 Å². The van der Waals surface area contributed by atoms with Gasteiger partial charge >= 0.3 is 0 Å². The first-order chi connectivity index (χ1) is 13.7. The molecule has 0 aromatic heterocycles. The minimum absolute atomic E-state index is 0.211. The highest BCUT2D eigenvalue weighted by molar-refractivity contribution is 7.89. The number of anilines is 1. The van der Waals surface area contributed by atoms with Crippen LogP contribution in [0.3, 0.4) is 0 Å². The Bertz CT molecular complexity index is 995. The van der Waals surface area contributed by atoms with Gasteiger partial charge in [-0.05, 0) is 31.2 Å². The first-order valence-corrected chi connectivity index (χ1v) is 10.5. The molecule has 2 aromatic rings. The molecule has 2 N–H and O–H groups in total. The van der Waals surface area contributed by atoms with Crippen LogP contribution in [0.15, 0.2) is 47.4 Å². The number of nitrogens with zero attached hydrogens (tertiary/aromatic N) is 1. The zero-order chi connectivity index (χ0) is 21.2. The standard InChI is InChI=1S/C19H20F3N3O3S/c1-13(19(26)23-16-8-7-15(20)17(21)18(16)22)24-9-11-25(12-10-24)29(27,28)14-5-3-2-4-6-14/h2-8,13H,9-12H2,1H3,(H,23,26)/p+1/t13-/m1/s1. The quantitative estimate of drug-likeness (QED) is 0.699. The van der Waals surface area contributed by atoms with Crippen LogP contribution in [-0.2, 0) is 14.8 Å². The van der Waals surface area contributed by atoms with Crippen LogP contribution in [0.1, 0.15) is 6.92 Å². The van der Waals surface area contributed by atoms with Gasteiger partial charge in [-0.2, -0.15) is 4.31 Å². The van der Waals surface area contributed by atoms with Crippen molar-refractivity contribution in [3.8, 4) is 0 Å². The van der Waals surface area contributed by atoms with Crippen molar-refractivity contribution in [1.29, 1.82) is 0 Å². The number of hydrogen-bond acceptors (Lipinski definition) is 3. The SMILES string of the molecule is C[C@H](C(=O)Nc1ccc(F)c(F)c1F)[NH+]1CCN(S(=O)(=O)c2ccccc2)CC1. The van der Waals surface area contributed by atoms with Crippen LogP contribution in [0.5, 0.6) is 0 Å². The maximum atomic E-state index is 13.8. The summed E-state index contributed by atoms with van der Waals surface area (Å²) < 4.78 is 66.8. The van der Waals surface area contributed by atoms with Gasteiger partial charge in [0.1, 0.15) is 0 Å². The first kappa shape index (κ1) is 21.3. The lowest BCUT2D eigenvalue weighted by molar-refractivity contribution is -0.917.